The Labute approximate surface area is 122 Å². The molecule has 1 N–H and O–H groups in total. The number of thiophene rings is 1. The van der Waals surface area contributed by atoms with Gasteiger partial charge in [0.15, 0.2) is 0 Å². The second-order valence-electron chi connectivity index (χ2n) is 5.24. The van der Waals surface area contributed by atoms with Crippen LogP contribution >= 0.6 is 11.3 Å². The summed E-state index contributed by atoms with van der Waals surface area (Å²) in [7, 11) is 0. The lowest BCUT2D eigenvalue weighted by atomic mass is 9.93. The number of Topliss-reactive ketones (excluding diaryl/α,β-unsaturated/α-hetero) is 1. The Morgan fingerprint density at radius 2 is 2.15 bits per heavy atom. The molecule has 0 spiro atoms. The molecule has 2 aromatic heterocycles. The molecule has 102 valence electrons. The zero-order chi connectivity index (χ0) is 13.9. The lowest BCUT2D eigenvalue weighted by Crippen LogP contribution is -2.06. The van der Waals surface area contributed by atoms with Crippen LogP contribution in [0.15, 0.2) is 47.3 Å². The number of H-pyrrole nitrogens is 1. The van der Waals surface area contributed by atoms with Crippen LogP contribution in [0.5, 0.6) is 0 Å². The molecule has 2 heterocycles. The number of aromatic nitrogens is 1. The first-order valence-electron chi connectivity index (χ1n) is 6.83. The van der Waals surface area contributed by atoms with Gasteiger partial charge in [-0.25, -0.2) is 0 Å². The molecule has 1 atom stereocenters. The van der Waals surface area contributed by atoms with Crippen LogP contribution in [0, 0.1) is 0 Å². The fraction of sp³-hybridized carbons (Fsp3) is 0.235. The molecule has 3 aromatic rings. The number of fused-ring (bicyclic) bond motifs is 1. The maximum Gasteiger partial charge on any atom is 0.137 e. The number of nitrogens with one attached hydrogen (secondary N) is 1. The zero-order valence-electron chi connectivity index (χ0n) is 11.4. The van der Waals surface area contributed by atoms with Gasteiger partial charge in [0.1, 0.15) is 5.78 Å². The number of ketones is 1. The van der Waals surface area contributed by atoms with Gasteiger partial charge in [-0.3, -0.25) is 4.79 Å². The van der Waals surface area contributed by atoms with E-state index in [0.717, 1.165) is 11.1 Å². The number of aromatic amines is 1. The van der Waals surface area contributed by atoms with Crippen LogP contribution in [0.2, 0.25) is 0 Å². The highest BCUT2D eigenvalue weighted by Gasteiger charge is 2.15. The highest BCUT2D eigenvalue weighted by atomic mass is 32.1. The number of hydrogen-bond acceptors (Lipinski definition) is 2. The smallest absolute Gasteiger partial charge is 0.137 e. The number of para-hydroxylation sites is 1. The van der Waals surface area contributed by atoms with E-state index in [-0.39, 0.29) is 5.92 Å². The number of benzene rings is 1. The van der Waals surface area contributed by atoms with Crippen molar-refractivity contribution in [1.29, 1.82) is 0 Å². The third kappa shape index (κ3) is 2.68. The van der Waals surface area contributed by atoms with Crippen molar-refractivity contribution in [1.82, 2.24) is 4.98 Å². The molecule has 0 aliphatic heterocycles. The van der Waals surface area contributed by atoms with Crippen molar-refractivity contribution in [3.63, 3.8) is 0 Å². The third-order valence-electron chi connectivity index (χ3n) is 3.67. The summed E-state index contributed by atoms with van der Waals surface area (Å²) < 4.78 is 0. The van der Waals surface area contributed by atoms with Gasteiger partial charge in [0.05, 0.1) is 0 Å². The summed E-state index contributed by atoms with van der Waals surface area (Å²) in [6.45, 7) is 2.13. The maximum absolute atomic E-state index is 12.1. The molecule has 0 saturated heterocycles. The van der Waals surface area contributed by atoms with Gasteiger partial charge in [-0.15, -0.1) is 0 Å². The summed E-state index contributed by atoms with van der Waals surface area (Å²) >= 11 is 1.64. The normalized spacial score (nSPS) is 12.7. The number of hydrogen-bond donors (Lipinski definition) is 1. The van der Waals surface area contributed by atoms with Crippen molar-refractivity contribution in [3.05, 3.63) is 58.4 Å². The quantitative estimate of drug-likeness (QED) is 0.733. The SMILES string of the molecule is CC(CC(=O)Cc1ccsc1)c1c[nH]c2ccccc12. The molecule has 1 aromatic carbocycles. The van der Waals surface area contributed by atoms with E-state index in [1.807, 2.05) is 35.2 Å². The van der Waals surface area contributed by atoms with Gasteiger partial charge < -0.3 is 4.98 Å². The van der Waals surface area contributed by atoms with Gasteiger partial charge in [0.25, 0.3) is 0 Å². The van der Waals surface area contributed by atoms with E-state index in [2.05, 4.69) is 24.0 Å². The van der Waals surface area contributed by atoms with Crippen LogP contribution in [0.3, 0.4) is 0 Å². The first-order valence-corrected chi connectivity index (χ1v) is 7.77. The fourth-order valence-corrected chi connectivity index (χ4v) is 3.31. The van der Waals surface area contributed by atoms with E-state index in [0.29, 0.717) is 18.6 Å². The molecule has 0 amide bonds. The maximum atomic E-state index is 12.1. The molecule has 2 nitrogen and oxygen atoms in total. The topological polar surface area (TPSA) is 32.9 Å². The van der Waals surface area contributed by atoms with E-state index in [9.17, 15) is 4.79 Å². The molecule has 20 heavy (non-hydrogen) atoms. The standard InChI is InChI=1S/C17H17NOS/c1-12(8-14(19)9-13-6-7-20-11-13)16-10-18-17-5-3-2-4-15(16)17/h2-7,10-12,18H,8-9H2,1H3. The van der Waals surface area contributed by atoms with Crippen LogP contribution < -0.4 is 0 Å². The second kappa shape index (κ2) is 5.63. The van der Waals surface area contributed by atoms with Gasteiger partial charge in [-0.2, -0.15) is 11.3 Å². The molecule has 0 fully saturated rings. The average molecular weight is 283 g/mol. The molecular formula is C17H17NOS. The Morgan fingerprint density at radius 3 is 2.95 bits per heavy atom. The van der Waals surface area contributed by atoms with Crippen LogP contribution in [-0.2, 0) is 11.2 Å². The summed E-state index contributed by atoms with van der Waals surface area (Å²) in [5.74, 6) is 0.554. The fourth-order valence-electron chi connectivity index (χ4n) is 2.65. The highest BCUT2D eigenvalue weighted by molar-refractivity contribution is 7.08. The molecule has 3 heteroatoms. The second-order valence-corrected chi connectivity index (χ2v) is 6.02. The van der Waals surface area contributed by atoms with E-state index in [1.165, 1.54) is 10.9 Å². The Bertz CT molecular complexity index is 712. The van der Waals surface area contributed by atoms with Crippen LogP contribution in [0.25, 0.3) is 10.9 Å². The van der Waals surface area contributed by atoms with E-state index >= 15 is 0 Å². The summed E-state index contributed by atoms with van der Waals surface area (Å²) in [5.41, 5.74) is 3.50. The molecule has 3 rings (SSSR count). The first kappa shape index (κ1) is 13.1. The largest absolute Gasteiger partial charge is 0.361 e. The van der Waals surface area contributed by atoms with Crippen molar-refractivity contribution in [2.75, 3.05) is 0 Å². The Balaban J connectivity index is 1.72. The number of carbonyl (C=O) groups is 1. The van der Waals surface area contributed by atoms with Crippen molar-refractivity contribution >= 4 is 28.0 Å². The van der Waals surface area contributed by atoms with Crippen LogP contribution in [-0.4, -0.2) is 10.8 Å². The van der Waals surface area contributed by atoms with Crippen molar-refractivity contribution in [2.24, 2.45) is 0 Å². The minimum Gasteiger partial charge on any atom is -0.361 e. The van der Waals surface area contributed by atoms with Gasteiger partial charge >= 0.3 is 0 Å². The predicted octanol–water partition coefficient (Wildman–Crippen LogP) is 4.53. The Morgan fingerprint density at radius 1 is 1.30 bits per heavy atom. The van der Waals surface area contributed by atoms with Gasteiger partial charge in [0, 0.05) is 29.9 Å². The lowest BCUT2D eigenvalue weighted by molar-refractivity contribution is -0.118. The third-order valence-corrected chi connectivity index (χ3v) is 4.40. The molecule has 0 aliphatic carbocycles. The minimum atomic E-state index is 0.247. The number of carbonyl (C=O) groups excluding carboxylic acids is 1. The van der Waals surface area contributed by atoms with Gasteiger partial charge in [-0.1, -0.05) is 25.1 Å². The van der Waals surface area contributed by atoms with Gasteiger partial charge in [0.2, 0.25) is 0 Å². The van der Waals surface area contributed by atoms with Crippen molar-refractivity contribution < 1.29 is 4.79 Å². The van der Waals surface area contributed by atoms with Crippen LogP contribution in [0.4, 0.5) is 0 Å². The molecule has 0 bridgehead atoms. The average Bonchev–Trinajstić information content (AvgIpc) is 3.07. The van der Waals surface area contributed by atoms with Crippen LogP contribution in [0.1, 0.15) is 30.4 Å². The van der Waals surface area contributed by atoms with E-state index < -0.39 is 0 Å². The van der Waals surface area contributed by atoms with E-state index in [1.54, 1.807) is 11.3 Å². The highest BCUT2D eigenvalue weighted by Crippen LogP contribution is 2.28. The summed E-state index contributed by atoms with van der Waals surface area (Å²) in [5, 5.41) is 5.29. The molecule has 0 radical (unpaired) electrons. The van der Waals surface area contributed by atoms with E-state index in [4.69, 9.17) is 0 Å². The zero-order valence-corrected chi connectivity index (χ0v) is 12.2. The molecule has 1 unspecified atom stereocenters. The Kier molecular flexibility index (Phi) is 3.70. The summed E-state index contributed by atoms with van der Waals surface area (Å²) in [6, 6.07) is 10.3. The van der Waals surface area contributed by atoms with Crippen molar-refractivity contribution in [3.8, 4) is 0 Å². The molecule has 0 saturated carbocycles. The molecule has 0 aliphatic rings. The minimum absolute atomic E-state index is 0.247. The first-order chi connectivity index (χ1) is 9.74. The molecular weight excluding hydrogens is 266 g/mol. The van der Waals surface area contributed by atoms with Crippen molar-refractivity contribution in [2.45, 2.75) is 25.7 Å². The van der Waals surface area contributed by atoms with Gasteiger partial charge in [-0.05, 0) is 39.9 Å². The number of rotatable bonds is 5. The monoisotopic (exact) mass is 283 g/mol. The summed E-state index contributed by atoms with van der Waals surface area (Å²) in [4.78, 5) is 15.4. The Hall–Kier alpha value is -1.87. The predicted molar refractivity (Wildman–Crippen MR) is 84.4 cm³/mol. The summed E-state index contributed by atoms with van der Waals surface area (Å²) in [6.07, 6.45) is 3.18. The lowest BCUT2D eigenvalue weighted by Gasteiger charge is -2.09.